The van der Waals surface area contributed by atoms with Gasteiger partial charge in [-0.1, -0.05) is 0 Å². The zero-order valence-electron chi connectivity index (χ0n) is 8.93. The Hall–Kier alpha value is -0.760. The number of nitrogens with two attached hydrogens (primary N) is 1. The number of sulfonamides is 1. The van der Waals surface area contributed by atoms with Gasteiger partial charge in [-0.25, -0.2) is 17.9 Å². The molecule has 0 aliphatic rings. The van der Waals surface area contributed by atoms with E-state index >= 15 is 0 Å². The smallest absolute Gasteiger partial charge is 0.420 e. The number of carbonyl (C=O) groups is 1. The maximum Gasteiger partial charge on any atom is 0.420 e. The Kier molecular flexibility index (Phi) is 5.80. The van der Waals surface area contributed by atoms with Crippen molar-refractivity contribution in [1.29, 1.82) is 0 Å². The zero-order chi connectivity index (χ0) is 11.5. The molecule has 8 heteroatoms. The summed E-state index contributed by atoms with van der Waals surface area (Å²) in [5, 5.41) is 0. The maximum atomic E-state index is 11.5. The van der Waals surface area contributed by atoms with Crippen LogP contribution in [-0.2, 0) is 14.8 Å². The number of nitrogens with one attached hydrogen (secondary N) is 1. The number of methoxy groups -OCH3 is 1. The van der Waals surface area contributed by atoms with Crippen LogP contribution in [-0.4, -0.2) is 51.2 Å². The number of amides is 1. The van der Waals surface area contributed by atoms with E-state index in [4.69, 9.17) is 5.73 Å². The van der Waals surface area contributed by atoms with E-state index in [2.05, 4.69) is 4.74 Å². The SMILES string of the molecule is COC(=O)NS(=O)(=O)c1ccc(N)cc1.[Na]. The molecule has 0 aromatic heterocycles. The Labute approximate surface area is 116 Å². The minimum atomic E-state index is -3.87. The van der Waals surface area contributed by atoms with Gasteiger partial charge in [-0.15, -0.1) is 0 Å². The van der Waals surface area contributed by atoms with E-state index in [1.54, 1.807) is 4.72 Å². The third-order valence-corrected chi connectivity index (χ3v) is 2.92. The van der Waals surface area contributed by atoms with Crippen molar-refractivity contribution < 1.29 is 17.9 Å². The van der Waals surface area contributed by atoms with Crippen LogP contribution in [0.5, 0.6) is 0 Å². The topological polar surface area (TPSA) is 98.5 Å². The van der Waals surface area contributed by atoms with Gasteiger partial charge in [0, 0.05) is 35.2 Å². The van der Waals surface area contributed by atoms with Crippen LogP contribution in [0.1, 0.15) is 0 Å². The summed E-state index contributed by atoms with van der Waals surface area (Å²) < 4.78 is 28.8. The fourth-order valence-electron chi connectivity index (χ4n) is 0.857. The Bertz CT molecular complexity index is 457. The maximum absolute atomic E-state index is 11.5. The average Bonchev–Trinajstić information content (AvgIpc) is 2.17. The summed E-state index contributed by atoms with van der Waals surface area (Å²) in [5.41, 5.74) is 5.83. The molecule has 0 aliphatic carbocycles. The van der Waals surface area contributed by atoms with Gasteiger partial charge in [-0.2, -0.15) is 0 Å². The number of nitrogen functional groups attached to an aromatic ring is 1. The summed E-state index contributed by atoms with van der Waals surface area (Å²) in [6.45, 7) is 0. The molecule has 0 unspecified atom stereocenters. The van der Waals surface area contributed by atoms with Crippen molar-refractivity contribution in [3.8, 4) is 0 Å². The second-order valence-corrected chi connectivity index (χ2v) is 4.35. The first-order valence-electron chi connectivity index (χ1n) is 3.92. The molecule has 0 spiro atoms. The van der Waals surface area contributed by atoms with Crippen LogP contribution in [0.3, 0.4) is 0 Å². The fraction of sp³-hybridized carbons (Fsp3) is 0.125. The second kappa shape index (κ2) is 6.09. The number of benzene rings is 1. The van der Waals surface area contributed by atoms with Gasteiger partial charge in [-0.3, -0.25) is 0 Å². The molecule has 0 heterocycles. The van der Waals surface area contributed by atoms with Crippen molar-refractivity contribution in [2.75, 3.05) is 12.8 Å². The predicted octanol–water partition coefficient (Wildman–Crippen LogP) is -0.0673. The first-order valence-corrected chi connectivity index (χ1v) is 5.40. The number of ether oxygens (including phenoxy) is 1. The van der Waals surface area contributed by atoms with Crippen molar-refractivity contribution in [2.45, 2.75) is 4.90 Å². The summed E-state index contributed by atoms with van der Waals surface area (Å²) in [6.07, 6.45) is -1.04. The van der Waals surface area contributed by atoms with Crippen LogP contribution in [0.4, 0.5) is 10.5 Å². The van der Waals surface area contributed by atoms with Gasteiger partial charge in [0.25, 0.3) is 10.0 Å². The zero-order valence-corrected chi connectivity index (χ0v) is 11.7. The summed E-state index contributed by atoms with van der Waals surface area (Å²) in [5.74, 6) is 0. The van der Waals surface area contributed by atoms with E-state index in [0.29, 0.717) is 5.69 Å². The van der Waals surface area contributed by atoms with Gasteiger partial charge in [0.05, 0.1) is 12.0 Å². The number of carbonyl (C=O) groups excluding carboxylic acids is 1. The van der Waals surface area contributed by atoms with Crippen molar-refractivity contribution >= 4 is 51.4 Å². The van der Waals surface area contributed by atoms with Gasteiger partial charge in [0.1, 0.15) is 0 Å². The van der Waals surface area contributed by atoms with Crippen molar-refractivity contribution in [1.82, 2.24) is 4.72 Å². The van der Waals surface area contributed by atoms with Crippen molar-refractivity contribution in [3.63, 3.8) is 0 Å². The fourth-order valence-corrected chi connectivity index (χ4v) is 1.77. The molecule has 3 N–H and O–H groups in total. The molecular weight excluding hydrogens is 243 g/mol. The molecule has 0 saturated carbocycles. The molecule has 1 rings (SSSR count). The summed E-state index contributed by atoms with van der Waals surface area (Å²) >= 11 is 0. The van der Waals surface area contributed by atoms with Crippen LogP contribution >= 0.6 is 0 Å². The van der Waals surface area contributed by atoms with E-state index in [-0.39, 0.29) is 34.5 Å². The van der Waals surface area contributed by atoms with Crippen LogP contribution in [0.25, 0.3) is 0 Å². The molecule has 1 aromatic rings. The number of hydrogen-bond acceptors (Lipinski definition) is 5. The van der Waals surface area contributed by atoms with Gasteiger partial charge in [0.15, 0.2) is 0 Å². The minimum Gasteiger partial charge on any atom is -0.452 e. The minimum absolute atomic E-state index is 0. The van der Waals surface area contributed by atoms with Gasteiger partial charge >= 0.3 is 6.09 Å². The molecule has 0 aliphatic heterocycles. The molecule has 1 radical (unpaired) electrons. The Morgan fingerprint density at radius 2 is 1.81 bits per heavy atom. The van der Waals surface area contributed by atoms with Gasteiger partial charge < -0.3 is 10.5 Å². The second-order valence-electron chi connectivity index (χ2n) is 2.67. The predicted molar refractivity (Wildman–Crippen MR) is 59.3 cm³/mol. The van der Waals surface area contributed by atoms with Crippen LogP contribution in [0.15, 0.2) is 29.2 Å². The first kappa shape index (κ1) is 15.2. The van der Waals surface area contributed by atoms with E-state index in [1.807, 2.05) is 0 Å². The molecule has 83 valence electrons. The van der Waals surface area contributed by atoms with E-state index < -0.39 is 16.1 Å². The number of rotatable bonds is 2. The monoisotopic (exact) mass is 253 g/mol. The average molecular weight is 253 g/mol. The molecule has 6 nitrogen and oxygen atoms in total. The Morgan fingerprint density at radius 1 is 1.31 bits per heavy atom. The quantitative estimate of drug-likeness (QED) is 0.568. The van der Waals surface area contributed by atoms with Crippen molar-refractivity contribution in [2.24, 2.45) is 0 Å². The van der Waals surface area contributed by atoms with E-state index in [9.17, 15) is 13.2 Å². The van der Waals surface area contributed by atoms with Crippen LogP contribution in [0.2, 0.25) is 0 Å². The van der Waals surface area contributed by atoms with Gasteiger partial charge in [-0.05, 0) is 24.3 Å². The Balaban J connectivity index is 0.00000225. The first-order chi connectivity index (χ1) is 6.95. The van der Waals surface area contributed by atoms with Crippen LogP contribution in [0, 0.1) is 0 Å². The standard InChI is InChI=1S/C8H10N2O4S.Na/c1-14-8(11)10-15(12,13)7-4-2-6(9)3-5-7;/h2-5H,9H2,1H3,(H,10,11);. The van der Waals surface area contributed by atoms with Gasteiger partial charge in [0.2, 0.25) is 0 Å². The normalized spacial score (nSPS) is 10.1. The molecule has 0 bridgehead atoms. The number of hydrogen-bond donors (Lipinski definition) is 2. The molecule has 0 atom stereocenters. The third-order valence-electron chi connectivity index (χ3n) is 1.59. The summed E-state index contributed by atoms with van der Waals surface area (Å²) in [7, 11) is -2.79. The van der Waals surface area contributed by atoms with E-state index in [0.717, 1.165) is 7.11 Å². The van der Waals surface area contributed by atoms with Crippen LogP contribution < -0.4 is 10.5 Å². The molecule has 1 amide bonds. The molecule has 0 saturated heterocycles. The molecule has 16 heavy (non-hydrogen) atoms. The summed E-state index contributed by atoms with van der Waals surface area (Å²) in [6, 6.07) is 5.43. The largest absolute Gasteiger partial charge is 0.452 e. The summed E-state index contributed by atoms with van der Waals surface area (Å²) in [4.78, 5) is 10.7. The van der Waals surface area contributed by atoms with E-state index in [1.165, 1.54) is 24.3 Å². The van der Waals surface area contributed by atoms with Crippen molar-refractivity contribution in [3.05, 3.63) is 24.3 Å². The Morgan fingerprint density at radius 3 is 2.25 bits per heavy atom. The third kappa shape index (κ3) is 4.01. The molecule has 0 fully saturated rings. The molecular formula is C8H10N2NaO4S. The number of anilines is 1. The molecule has 1 aromatic carbocycles.